The van der Waals surface area contributed by atoms with Crippen molar-refractivity contribution in [2.45, 2.75) is 13.0 Å². The third-order valence-electron chi connectivity index (χ3n) is 2.50. The van der Waals surface area contributed by atoms with E-state index in [1.54, 1.807) is 24.3 Å². The Balaban J connectivity index is 1.90. The minimum atomic E-state index is -0.845. The number of carbonyl (C=O) groups is 1. The largest absolute Gasteiger partial charge is 0.467 e. The number of rotatable bonds is 4. The summed E-state index contributed by atoms with van der Waals surface area (Å²) in [7, 11) is 0. The molecular weight excluding hydrogens is 232 g/mol. The number of aromatic nitrogens is 1. The number of pyridine rings is 1. The Morgan fingerprint density at radius 3 is 2.94 bits per heavy atom. The van der Waals surface area contributed by atoms with Crippen molar-refractivity contribution in [3.63, 3.8) is 0 Å². The van der Waals surface area contributed by atoms with Gasteiger partial charge in [0.1, 0.15) is 11.9 Å². The Hall–Kier alpha value is -2.14. The highest BCUT2D eigenvalue weighted by Gasteiger charge is 2.12. The lowest BCUT2D eigenvalue weighted by molar-refractivity contribution is 0.0900. The first-order chi connectivity index (χ1) is 8.66. The Morgan fingerprint density at radius 1 is 1.50 bits per heavy atom. The van der Waals surface area contributed by atoms with E-state index in [-0.39, 0.29) is 12.5 Å². The van der Waals surface area contributed by atoms with E-state index in [4.69, 9.17) is 4.42 Å². The topological polar surface area (TPSA) is 75.4 Å². The van der Waals surface area contributed by atoms with Gasteiger partial charge in [0, 0.05) is 11.9 Å². The number of hydrogen-bond acceptors (Lipinski definition) is 4. The van der Waals surface area contributed by atoms with Gasteiger partial charge in [-0.1, -0.05) is 0 Å². The zero-order valence-corrected chi connectivity index (χ0v) is 9.96. The average molecular weight is 246 g/mol. The summed E-state index contributed by atoms with van der Waals surface area (Å²) in [6, 6.07) is 6.79. The Bertz CT molecular complexity index is 506. The number of aliphatic hydroxyl groups is 1. The van der Waals surface area contributed by atoms with Crippen molar-refractivity contribution < 1.29 is 14.3 Å². The first-order valence-electron chi connectivity index (χ1n) is 5.59. The maximum Gasteiger partial charge on any atom is 0.252 e. The predicted molar refractivity (Wildman–Crippen MR) is 65.0 cm³/mol. The van der Waals surface area contributed by atoms with Gasteiger partial charge in [-0.2, -0.15) is 0 Å². The quantitative estimate of drug-likeness (QED) is 0.856. The minimum Gasteiger partial charge on any atom is -0.467 e. The third kappa shape index (κ3) is 2.95. The fourth-order valence-electron chi connectivity index (χ4n) is 1.48. The Morgan fingerprint density at radius 2 is 2.33 bits per heavy atom. The molecule has 2 aromatic heterocycles. The first-order valence-corrected chi connectivity index (χ1v) is 5.59. The van der Waals surface area contributed by atoms with E-state index < -0.39 is 6.10 Å². The van der Waals surface area contributed by atoms with Crippen LogP contribution in [0.25, 0.3) is 0 Å². The van der Waals surface area contributed by atoms with Gasteiger partial charge in [0.05, 0.1) is 18.4 Å². The van der Waals surface area contributed by atoms with Gasteiger partial charge in [-0.05, 0) is 31.2 Å². The molecule has 2 aromatic rings. The monoisotopic (exact) mass is 246 g/mol. The van der Waals surface area contributed by atoms with Crippen LogP contribution in [0.1, 0.15) is 27.9 Å². The van der Waals surface area contributed by atoms with Gasteiger partial charge in [0.15, 0.2) is 0 Å². The maximum absolute atomic E-state index is 11.7. The summed E-state index contributed by atoms with van der Waals surface area (Å²) in [6.45, 7) is 1.95. The van der Waals surface area contributed by atoms with Crippen LogP contribution in [0, 0.1) is 6.92 Å². The lowest BCUT2D eigenvalue weighted by atomic mass is 10.2. The highest BCUT2D eigenvalue weighted by atomic mass is 16.4. The average Bonchev–Trinajstić information content (AvgIpc) is 2.90. The van der Waals surface area contributed by atoms with E-state index in [9.17, 15) is 9.90 Å². The Labute approximate surface area is 104 Å². The van der Waals surface area contributed by atoms with Gasteiger partial charge in [-0.25, -0.2) is 0 Å². The van der Waals surface area contributed by atoms with Crippen molar-refractivity contribution >= 4 is 5.91 Å². The molecule has 1 unspecified atom stereocenters. The molecule has 0 aliphatic rings. The van der Waals surface area contributed by atoms with Crippen LogP contribution in [0.3, 0.4) is 0 Å². The van der Waals surface area contributed by atoms with E-state index in [2.05, 4.69) is 10.3 Å². The summed E-state index contributed by atoms with van der Waals surface area (Å²) >= 11 is 0. The number of furan rings is 1. The summed E-state index contributed by atoms with van der Waals surface area (Å²) in [6.07, 6.45) is 2.14. The molecule has 2 rings (SSSR count). The van der Waals surface area contributed by atoms with Gasteiger partial charge in [-0.3, -0.25) is 9.78 Å². The molecular formula is C13H14N2O3. The first kappa shape index (κ1) is 12.3. The molecule has 0 radical (unpaired) electrons. The fourth-order valence-corrected chi connectivity index (χ4v) is 1.48. The van der Waals surface area contributed by atoms with E-state index in [0.717, 1.165) is 5.69 Å². The van der Waals surface area contributed by atoms with Gasteiger partial charge in [0.25, 0.3) is 5.91 Å². The number of aliphatic hydroxyl groups excluding tert-OH is 1. The van der Waals surface area contributed by atoms with E-state index in [1.807, 2.05) is 6.92 Å². The highest BCUT2D eigenvalue weighted by molar-refractivity contribution is 5.93. The van der Waals surface area contributed by atoms with Crippen LogP contribution in [0.4, 0.5) is 0 Å². The molecule has 18 heavy (non-hydrogen) atoms. The van der Waals surface area contributed by atoms with Crippen LogP contribution in [0.15, 0.2) is 41.1 Å². The second kappa shape index (κ2) is 5.46. The molecule has 0 saturated heterocycles. The molecule has 0 aromatic carbocycles. The molecule has 94 valence electrons. The number of nitrogens with zero attached hydrogens (tertiary/aromatic N) is 1. The van der Waals surface area contributed by atoms with Crippen molar-refractivity contribution in [3.05, 3.63) is 53.7 Å². The van der Waals surface area contributed by atoms with Gasteiger partial charge in [0.2, 0.25) is 0 Å². The zero-order chi connectivity index (χ0) is 13.0. The predicted octanol–water partition coefficient (Wildman–Crippen LogP) is 1.45. The normalized spacial score (nSPS) is 12.1. The van der Waals surface area contributed by atoms with Gasteiger partial charge >= 0.3 is 0 Å². The van der Waals surface area contributed by atoms with Crippen molar-refractivity contribution in [3.8, 4) is 0 Å². The van der Waals surface area contributed by atoms with Crippen LogP contribution in [0.5, 0.6) is 0 Å². The second-order valence-corrected chi connectivity index (χ2v) is 3.93. The van der Waals surface area contributed by atoms with E-state index in [1.165, 1.54) is 12.5 Å². The Kier molecular flexibility index (Phi) is 3.74. The van der Waals surface area contributed by atoms with Crippen molar-refractivity contribution in [1.29, 1.82) is 0 Å². The lowest BCUT2D eigenvalue weighted by Crippen LogP contribution is -2.28. The van der Waals surface area contributed by atoms with Crippen molar-refractivity contribution in [2.24, 2.45) is 0 Å². The standard InChI is InChI=1S/C13H14N2O3/c1-9-4-5-10(7-14-9)13(17)15-8-11(16)12-3-2-6-18-12/h2-7,11,16H,8H2,1H3,(H,15,17). The SMILES string of the molecule is Cc1ccc(C(=O)NCC(O)c2ccco2)cn1. The van der Waals surface area contributed by atoms with Crippen molar-refractivity contribution in [2.75, 3.05) is 6.54 Å². The van der Waals surface area contributed by atoms with Gasteiger partial charge in [-0.15, -0.1) is 0 Å². The fraction of sp³-hybridized carbons (Fsp3) is 0.231. The number of amides is 1. The van der Waals surface area contributed by atoms with E-state index in [0.29, 0.717) is 11.3 Å². The molecule has 5 heteroatoms. The molecule has 0 aliphatic heterocycles. The van der Waals surface area contributed by atoms with Gasteiger partial charge < -0.3 is 14.8 Å². The lowest BCUT2D eigenvalue weighted by Gasteiger charge is -2.09. The number of carbonyl (C=O) groups excluding carboxylic acids is 1. The summed E-state index contributed by atoms with van der Waals surface area (Å²) in [5, 5.41) is 12.3. The van der Waals surface area contributed by atoms with Crippen LogP contribution in [-0.2, 0) is 0 Å². The van der Waals surface area contributed by atoms with Crippen LogP contribution in [0.2, 0.25) is 0 Å². The number of hydrogen-bond donors (Lipinski definition) is 2. The number of aryl methyl sites for hydroxylation is 1. The molecule has 0 aliphatic carbocycles. The molecule has 0 fully saturated rings. The zero-order valence-electron chi connectivity index (χ0n) is 9.96. The summed E-state index contributed by atoms with van der Waals surface area (Å²) < 4.78 is 5.04. The summed E-state index contributed by atoms with van der Waals surface area (Å²) in [5.41, 5.74) is 1.31. The van der Waals surface area contributed by atoms with Crippen LogP contribution >= 0.6 is 0 Å². The van der Waals surface area contributed by atoms with Crippen LogP contribution in [-0.4, -0.2) is 22.5 Å². The molecule has 0 spiro atoms. The minimum absolute atomic E-state index is 0.0974. The molecule has 1 amide bonds. The molecule has 2 N–H and O–H groups in total. The third-order valence-corrected chi connectivity index (χ3v) is 2.50. The van der Waals surface area contributed by atoms with Crippen LogP contribution < -0.4 is 5.32 Å². The summed E-state index contributed by atoms with van der Waals surface area (Å²) in [5.74, 6) is 0.158. The van der Waals surface area contributed by atoms with E-state index >= 15 is 0 Å². The molecule has 5 nitrogen and oxygen atoms in total. The van der Waals surface area contributed by atoms with Crippen molar-refractivity contribution in [1.82, 2.24) is 10.3 Å². The molecule has 2 heterocycles. The number of nitrogens with one attached hydrogen (secondary N) is 1. The molecule has 1 atom stereocenters. The molecule has 0 saturated carbocycles. The smallest absolute Gasteiger partial charge is 0.252 e. The molecule has 0 bridgehead atoms. The summed E-state index contributed by atoms with van der Waals surface area (Å²) in [4.78, 5) is 15.8. The highest BCUT2D eigenvalue weighted by Crippen LogP contribution is 2.11. The maximum atomic E-state index is 11.7. The second-order valence-electron chi connectivity index (χ2n) is 3.93.